The van der Waals surface area contributed by atoms with Crippen LogP contribution in [0.3, 0.4) is 0 Å². The van der Waals surface area contributed by atoms with Gasteiger partial charge in [0, 0.05) is 39.1 Å². The van der Waals surface area contributed by atoms with Gasteiger partial charge in [-0.1, -0.05) is 164 Å². The first-order valence-corrected chi connectivity index (χ1v) is 18.8. The molecule has 4 heteroatoms. The molecule has 0 aliphatic heterocycles. The lowest BCUT2D eigenvalue weighted by molar-refractivity contribution is 0.857. The fourth-order valence-electron chi connectivity index (χ4n) is 7.89. The van der Waals surface area contributed by atoms with Crippen LogP contribution in [0.4, 0.5) is 0 Å². The van der Waals surface area contributed by atoms with Gasteiger partial charge in [0.25, 0.3) is 0 Å². The van der Waals surface area contributed by atoms with Gasteiger partial charge in [0.1, 0.15) is 0 Å². The van der Waals surface area contributed by atoms with Gasteiger partial charge in [0.15, 0.2) is 17.5 Å². The average molecular weight is 705 g/mol. The fraction of sp³-hybridized carbons (Fsp3) is 0.0392. The monoisotopic (exact) mass is 704 g/mol. The summed E-state index contributed by atoms with van der Waals surface area (Å²) in [4.78, 5) is 14.9. The number of hydrogen-bond acceptors (Lipinski definition) is 3. The van der Waals surface area contributed by atoms with Gasteiger partial charge in [-0.25, -0.2) is 15.0 Å². The van der Waals surface area contributed by atoms with E-state index in [9.17, 15) is 0 Å². The van der Waals surface area contributed by atoms with E-state index in [-0.39, 0.29) is 5.92 Å². The zero-order chi connectivity index (χ0) is 36.6. The normalized spacial score (nSPS) is 13.8. The Bertz CT molecular complexity index is 2830. The molecule has 0 saturated heterocycles. The molecule has 0 bridgehead atoms. The van der Waals surface area contributed by atoms with Gasteiger partial charge in [0.2, 0.25) is 0 Å². The number of allylic oxidation sites excluding steroid dienone is 4. The zero-order valence-electron chi connectivity index (χ0n) is 30.1. The van der Waals surface area contributed by atoms with Crippen molar-refractivity contribution in [3.63, 3.8) is 0 Å². The van der Waals surface area contributed by atoms with Gasteiger partial charge >= 0.3 is 0 Å². The summed E-state index contributed by atoms with van der Waals surface area (Å²) in [7, 11) is 0. The molecular formula is C51H36N4. The van der Waals surface area contributed by atoms with Crippen molar-refractivity contribution in [2.24, 2.45) is 0 Å². The summed E-state index contributed by atoms with van der Waals surface area (Å²) >= 11 is 0. The molecule has 55 heavy (non-hydrogen) atoms. The molecule has 1 aliphatic rings. The molecular weight excluding hydrogens is 669 g/mol. The van der Waals surface area contributed by atoms with Crippen LogP contribution in [0.1, 0.15) is 17.9 Å². The average Bonchev–Trinajstić information content (AvgIpc) is 3.61. The Hall–Kier alpha value is -7.17. The van der Waals surface area contributed by atoms with Crippen LogP contribution in [-0.4, -0.2) is 19.5 Å². The number of aromatic nitrogens is 4. The van der Waals surface area contributed by atoms with E-state index in [2.05, 4.69) is 144 Å². The quantitative estimate of drug-likeness (QED) is 0.166. The molecule has 10 rings (SSSR count). The van der Waals surface area contributed by atoms with Gasteiger partial charge < -0.3 is 4.57 Å². The van der Waals surface area contributed by atoms with E-state index in [1.54, 1.807) is 0 Å². The second-order valence-corrected chi connectivity index (χ2v) is 14.0. The molecule has 9 aromatic rings. The SMILES string of the molecule is C1=CCC(c2cc(-c3ccccc3)cc3c4ccccc4n(-c4cccc(-c5cccc(-c6nc(-c7ccccc7)nc(-c7ccccc7)n6)c5)c4)c23)C=C1. The van der Waals surface area contributed by atoms with Crippen LogP contribution in [-0.2, 0) is 0 Å². The third-order valence-electron chi connectivity index (χ3n) is 10.5. The van der Waals surface area contributed by atoms with Crippen LogP contribution in [0.15, 0.2) is 200 Å². The molecule has 2 aromatic heterocycles. The Balaban J connectivity index is 1.12. The molecule has 1 unspecified atom stereocenters. The highest BCUT2D eigenvalue weighted by molar-refractivity contribution is 6.12. The van der Waals surface area contributed by atoms with Crippen molar-refractivity contribution in [1.29, 1.82) is 0 Å². The number of fused-ring (bicyclic) bond motifs is 3. The summed E-state index contributed by atoms with van der Waals surface area (Å²) < 4.78 is 2.47. The van der Waals surface area contributed by atoms with E-state index in [0.29, 0.717) is 17.5 Å². The van der Waals surface area contributed by atoms with Crippen LogP contribution >= 0.6 is 0 Å². The second kappa shape index (κ2) is 14.0. The van der Waals surface area contributed by atoms with Crippen LogP contribution < -0.4 is 0 Å². The lowest BCUT2D eigenvalue weighted by Crippen LogP contribution is -2.03. The van der Waals surface area contributed by atoms with Crippen LogP contribution in [0.2, 0.25) is 0 Å². The van der Waals surface area contributed by atoms with Crippen molar-refractivity contribution < 1.29 is 0 Å². The van der Waals surface area contributed by atoms with E-state index in [1.807, 2.05) is 60.7 Å². The van der Waals surface area contributed by atoms with Crippen molar-refractivity contribution in [3.8, 4) is 62.1 Å². The van der Waals surface area contributed by atoms with Crippen LogP contribution in [0, 0.1) is 0 Å². The Morgan fingerprint density at radius 3 is 1.65 bits per heavy atom. The molecule has 7 aromatic carbocycles. The molecule has 1 aliphatic carbocycles. The molecule has 4 nitrogen and oxygen atoms in total. The molecule has 0 fully saturated rings. The van der Waals surface area contributed by atoms with Crippen molar-refractivity contribution in [2.45, 2.75) is 12.3 Å². The summed E-state index contributed by atoms with van der Waals surface area (Å²) in [5.74, 6) is 2.21. The van der Waals surface area contributed by atoms with Gasteiger partial charge in [-0.3, -0.25) is 0 Å². The highest BCUT2D eigenvalue weighted by Crippen LogP contribution is 2.42. The standard InChI is InChI=1S/C51H36N4/c1-5-17-35(18-6-1)42-33-45(36-19-7-2-8-20-36)48-46(34-42)44-29-13-14-30-47(44)55(48)43-28-16-26-40(32-43)39-25-15-27-41(31-39)51-53-49(37-21-9-3-10-22-37)52-50(54-51)38-23-11-4-12-24-38/h1-19,21-34,36H,20H2. The summed E-state index contributed by atoms with van der Waals surface area (Å²) in [6, 6.07) is 62.0. The maximum atomic E-state index is 5.01. The summed E-state index contributed by atoms with van der Waals surface area (Å²) in [5, 5.41) is 2.51. The first-order valence-electron chi connectivity index (χ1n) is 18.8. The highest BCUT2D eigenvalue weighted by Gasteiger charge is 2.22. The van der Waals surface area contributed by atoms with E-state index in [4.69, 9.17) is 15.0 Å². The topological polar surface area (TPSA) is 43.6 Å². The largest absolute Gasteiger partial charge is 0.309 e. The molecule has 260 valence electrons. The summed E-state index contributed by atoms with van der Waals surface area (Å²) in [6.45, 7) is 0. The lowest BCUT2D eigenvalue weighted by Gasteiger charge is -2.19. The third kappa shape index (κ3) is 6.14. The molecule has 0 radical (unpaired) electrons. The van der Waals surface area contributed by atoms with E-state index >= 15 is 0 Å². The minimum atomic E-state index is 0.265. The minimum Gasteiger partial charge on any atom is -0.309 e. The summed E-state index contributed by atoms with van der Waals surface area (Å²) in [5.41, 5.74) is 12.4. The van der Waals surface area contributed by atoms with Gasteiger partial charge in [-0.2, -0.15) is 0 Å². The number of nitrogens with zero attached hydrogens (tertiary/aromatic N) is 4. The van der Waals surface area contributed by atoms with Crippen molar-refractivity contribution >= 4 is 21.8 Å². The number of benzene rings is 7. The second-order valence-electron chi connectivity index (χ2n) is 14.0. The number of rotatable bonds is 7. The zero-order valence-corrected chi connectivity index (χ0v) is 30.1. The summed E-state index contributed by atoms with van der Waals surface area (Å²) in [6.07, 6.45) is 9.94. The van der Waals surface area contributed by atoms with Crippen molar-refractivity contribution in [2.75, 3.05) is 0 Å². The van der Waals surface area contributed by atoms with Crippen LogP contribution in [0.25, 0.3) is 83.9 Å². The fourth-order valence-corrected chi connectivity index (χ4v) is 7.89. The minimum absolute atomic E-state index is 0.265. The maximum Gasteiger partial charge on any atom is 0.164 e. The van der Waals surface area contributed by atoms with Crippen LogP contribution in [0.5, 0.6) is 0 Å². The van der Waals surface area contributed by atoms with E-state index < -0.39 is 0 Å². The van der Waals surface area contributed by atoms with E-state index in [0.717, 1.165) is 39.9 Å². The molecule has 2 heterocycles. The van der Waals surface area contributed by atoms with Gasteiger partial charge in [-0.05, 0) is 70.6 Å². The Labute approximate surface area is 320 Å². The maximum absolute atomic E-state index is 5.01. The smallest absolute Gasteiger partial charge is 0.164 e. The predicted octanol–water partition coefficient (Wildman–Crippen LogP) is 12.9. The van der Waals surface area contributed by atoms with E-state index in [1.165, 1.54) is 38.5 Å². The van der Waals surface area contributed by atoms with Gasteiger partial charge in [-0.15, -0.1) is 0 Å². The van der Waals surface area contributed by atoms with Gasteiger partial charge in [0.05, 0.1) is 11.0 Å². The number of para-hydroxylation sites is 1. The Morgan fingerprint density at radius 1 is 0.418 bits per heavy atom. The van der Waals surface area contributed by atoms with Crippen molar-refractivity contribution in [1.82, 2.24) is 19.5 Å². The molecule has 0 saturated carbocycles. The van der Waals surface area contributed by atoms with Crippen molar-refractivity contribution in [3.05, 3.63) is 206 Å². The predicted molar refractivity (Wildman–Crippen MR) is 227 cm³/mol. The first kappa shape index (κ1) is 32.5. The highest BCUT2D eigenvalue weighted by atomic mass is 15.0. The molecule has 1 atom stereocenters. The Morgan fingerprint density at radius 2 is 0.982 bits per heavy atom. The molecule has 0 amide bonds. The number of hydrogen-bond donors (Lipinski definition) is 0. The first-order chi connectivity index (χ1) is 27.3. The molecule has 0 N–H and O–H groups in total. The lowest BCUT2D eigenvalue weighted by atomic mass is 9.88. The molecule has 0 spiro atoms. The third-order valence-corrected chi connectivity index (χ3v) is 10.5. The Kier molecular flexibility index (Phi) is 8.27.